The highest BCUT2D eigenvalue weighted by atomic mass is 31.2. The van der Waals surface area contributed by atoms with Crippen LogP contribution in [-0.4, -0.2) is 71.4 Å². The minimum Gasteiger partial charge on any atom is -0.388 e. The molecule has 0 saturated carbocycles. The van der Waals surface area contributed by atoms with Crippen molar-refractivity contribution in [2.75, 3.05) is 19.5 Å². The molecule has 3 N–H and O–H groups in total. The Morgan fingerprint density at radius 2 is 2.09 bits per heavy atom. The monoisotopic (exact) mass is 340 g/mol. The van der Waals surface area contributed by atoms with Gasteiger partial charge in [-0.2, -0.15) is 0 Å². The molecule has 2 heterocycles. The SMILES string of the molecule is C=CC1=CN([C@@H]2O[C@H](CCP(=C)(C)C)[C@@H](O)C2O)C(=C)NC1=O. The molecule has 0 aromatic carbocycles. The van der Waals surface area contributed by atoms with Gasteiger partial charge in [-0.05, 0) is 25.9 Å². The van der Waals surface area contributed by atoms with Gasteiger partial charge in [0.2, 0.25) is 0 Å². The van der Waals surface area contributed by atoms with Crippen molar-refractivity contribution >= 4 is 19.1 Å². The first-order chi connectivity index (χ1) is 10.6. The average molecular weight is 340 g/mol. The van der Waals surface area contributed by atoms with Gasteiger partial charge in [0.25, 0.3) is 5.91 Å². The topological polar surface area (TPSA) is 82.0 Å². The summed E-state index contributed by atoms with van der Waals surface area (Å²) in [5.41, 5.74) is 0.343. The summed E-state index contributed by atoms with van der Waals surface area (Å²) in [6, 6.07) is 0. The molecule has 1 fully saturated rings. The van der Waals surface area contributed by atoms with E-state index in [0.29, 0.717) is 17.8 Å². The Hall–Kier alpha value is -1.33. The van der Waals surface area contributed by atoms with Crippen molar-refractivity contribution in [2.24, 2.45) is 0 Å². The molecule has 0 bridgehead atoms. The van der Waals surface area contributed by atoms with Crippen molar-refractivity contribution in [3.63, 3.8) is 0 Å². The van der Waals surface area contributed by atoms with E-state index in [0.717, 1.165) is 6.16 Å². The van der Waals surface area contributed by atoms with Gasteiger partial charge >= 0.3 is 0 Å². The van der Waals surface area contributed by atoms with Gasteiger partial charge in [0.05, 0.1) is 11.7 Å². The second-order valence-electron chi connectivity index (χ2n) is 6.59. The molecule has 2 rings (SSSR count). The predicted octanol–water partition coefficient (Wildman–Crippen LogP) is 0.505. The number of carbonyl (C=O) groups excluding carboxylic acids is 1. The summed E-state index contributed by atoms with van der Waals surface area (Å²) in [5.74, 6) is -0.0167. The van der Waals surface area contributed by atoms with E-state index >= 15 is 0 Å². The first-order valence-corrected chi connectivity index (χ1v) is 10.5. The summed E-state index contributed by atoms with van der Waals surface area (Å²) in [5, 5.41) is 23.2. The number of hydrogen-bond donors (Lipinski definition) is 3. The highest BCUT2D eigenvalue weighted by Crippen LogP contribution is 2.38. The molecular weight excluding hydrogens is 315 g/mol. The zero-order chi connectivity index (χ0) is 17.4. The number of rotatable bonds is 5. The van der Waals surface area contributed by atoms with E-state index < -0.39 is 31.4 Å². The molecule has 0 aliphatic carbocycles. The zero-order valence-electron chi connectivity index (χ0n) is 13.6. The molecule has 1 saturated heterocycles. The van der Waals surface area contributed by atoms with Crippen LogP contribution in [0.25, 0.3) is 0 Å². The summed E-state index contributed by atoms with van der Waals surface area (Å²) >= 11 is 0. The second-order valence-corrected chi connectivity index (χ2v) is 10.9. The van der Waals surface area contributed by atoms with Crippen LogP contribution in [0.4, 0.5) is 0 Å². The highest BCUT2D eigenvalue weighted by Gasteiger charge is 2.46. The van der Waals surface area contributed by atoms with E-state index in [4.69, 9.17) is 4.74 Å². The number of nitrogens with one attached hydrogen (secondary N) is 1. The van der Waals surface area contributed by atoms with E-state index in [1.807, 2.05) is 0 Å². The lowest BCUT2D eigenvalue weighted by molar-refractivity contribution is -0.119. The number of amides is 1. The summed E-state index contributed by atoms with van der Waals surface area (Å²) in [4.78, 5) is 13.2. The highest BCUT2D eigenvalue weighted by molar-refractivity contribution is 7.72. The molecule has 0 radical (unpaired) electrons. The van der Waals surface area contributed by atoms with Crippen LogP contribution in [0.3, 0.4) is 0 Å². The molecule has 7 heteroatoms. The van der Waals surface area contributed by atoms with Crippen LogP contribution >= 0.6 is 6.89 Å². The van der Waals surface area contributed by atoms with Gasteiger partial charge in [-0.1, -0.05) is 19.2 Å². The first kappa shape index (κ1) is 18.0. The third kappa shape index (κ3) is 3.96. The van der Waals surface area contributed by atoms with Crippen LogP contribution < -0.4 is 5.32 Å². The molecule has 4 atom stereocenters. The molecule has 2 aliphatic rings. The van der Waals surface area contributed by atoms with Crippen molar-refractivity contribution in [3.05, 3.63) is 36.8 Å². The minimum atomic E-state index is -1.24. The fourth-order valence-corrected chi connectivity index (χ4v) is 3.55. The molecular formula is C16H25N2O4P. The van der Waals surface area contributed by atoms with Crippen LogP contribution in [0.1, 0.15) is 6.42 Å². The van der Waals surface area contributed by atoms with Crippen LogP contribution in [0.15, 0.2) is 36.8 Å². The van der Waals surface area contributed by atoms with Crippen LogP contribution in [0.2, 0.25) is 0 Å². The van der Waals surface area contributed by atoms with Gasteiger partial charge in [-0.25, -0.2) is 0 Å². The lowest BCUT2D eigenvalue weighted by Crippen LogP contribution is -2.47. The average Bonchev–Trinajstić information content (AvgIpc) is 2.73. The summed E-state index contributed by atoms with van der Waals surface area (Å²) in [6.45, 7) is 10.3. The Kier molecular flexibility index (Phi) is 5.21. The normalized spacial score (nSPS) is 31.8. The maximum atomic E-state index is 11.7. The summed E-state index contributed by atoms with van der Waals surface area (Å²) < 4.78 is 5.84. The maximum Gasteiger partial charge on any atom is 0.258 e. The quantitative estimate of drug-likeness (QED) is 0.635. The molecule has 2 aliphatic heterocycles. The van der Waals surface area contributed by atoms with Gasteiger partial charge in [-0.3, -0.25) is 4.79 Å². The van der Waals surface area contributed by atoms with Crippen LogP contribution in [-0.2, 0) is 9.53 Å². The largest absolute Gasteiger partial charge is 0.388 e. The lowest BCUT2D eigenvalue weighted by atomic mass is 10.1. The molecule has 0 spiro atoms. The van der Waals surface area contributed by atoms with E-state index in [1.54, 1.807) is 0 Å². The summed E-state index contributed by atoms with van der Waals surface area (Å²) in [7, 11) is 0. The number of carbonyl (C=O) groups is 1. The third-order valence-electron chi connectivity index (χ3n) is 3.96. The Bertz CT molecular complexity index is 595. The number of hydrogen-bond acceptors (Lipinski definition) is 5. The Morgan fingerprint density at radius 3 is 2.65 bits per heavy atom. The van der Waals surface area contributed by atoms with Gasteiger partial charge in [0, 0.05) is 6.20 Å². The fraction of sp³-hybridized carbons (Fsp3) is 0.500. The van der Waals surface area contributed by atoms with Crippen LogP contribution in [0.5, 0.6) is 0 Å². The smallest absolute Gasteiger partial charge is 0.258 e. The van der Waals surface area contributed by atoms with Crippen LogP contribution in [0, 0.1) is 0 Å². The van der Waals surface area contributed by atoms with E-state index in [2.05, 4.69) is 38.1 Å². The molecule has 128 valence electrons. The molecule has 1 amide bonds. The zero-order valence-corrected chi connectivity index (χ0v) is 14.5. The molecule has 23 heavy (non-hydrogen) atoms. The van der Waals surface area contributed by atoms with Crippen molar-refractivity contribution < 1.29 is 19.7 Å². The standard InChI is InChI=1S/C16H25N2O4P/c1-6-11-9-18(10(2)17-15(11)21)16-14(20)13(19)12(22-16)7-8-23(3,4)5/h6,9,12-14,16,19-20H,1-3,7-8H2,4-5H3,(H,17,21)/t12-,13-,14?,16-/m1/s1. The van der Waals surface area contributed by atoms with E-state index in [1.165, 1.54) is 17.2 Å². The van der Waals surface area contributed by atoms with Gasteiger partial charge < -0.3 is 25.2 Å². The third-order valence-corrected chi connectivity index (χ3v) is 5.43. The minimum absolute atomic E-state index is 0.294. The Labute approximate surface area is 137 Å². The second kappa shape index (κ2) is 6.65. The maximum absolute atomic E-state index is 11.7. The van der Waals surface area contributed by atoms with Gasteiger partial charge in [-0.15, -0.1) is 13.2 Å². The molecule has 1 unspecified atom stereocenters. The van der Waals surface area contributed by atoms with Crippen molar-refractivity contribution in [2.45, 2.75) is 31.0 Å². The lowest BCUT2D eigenvalue weighted by Gasteiger charge is -2.34. The fourth-order valence-electron chi connectivity index (χ4n) is 2.60. The molecule has 0 aromatic rings. The molecule has 6 nitrogen and oxygen atoms in total. The number of aliphatic hydroxyl groups excluding tert-OH is 2. The van der Waals surface area contributed by atoms with Gasteiger partial charge in [0.1, 0.15) is 18.0 Å². The number of aliphatic hydroxyl groups is 2. The first-order valence-electron chi connectivity index (χ1n) is 7.46. The predicted molar refractivity (Wildman–Crippen MR) is 93.4 cm³/mol. The van der Waals surface area contributed by atoms with Crippen molar-refractivity contribution in [1.29, 1.82) is 0 Å². The van der Waals surface area contributed by atoms with Crippen molar-refractivity contribution in [3.8, 4) is 0 Å². The van der Waals surface area contributed by atoms with Crippen molar-refractivity contribution in [1.82, 2.24) is 10.2 Å². The number of nitrogens with zero attached hydrogens (tertiary/aromatic N) is 1. The number of ether oxygens (including phenoxy) is 1. The van der Waals surface area contributed by atoms with Gasteiger partial charge in [0.15, 0.2) is 6.23 Å². The Balaban J connectivity index is 2.15. The summed E-state index contributed by atoms with van der Waals surface area (Å²) in [6.07, 6.45) is 5.22. The Morgan fingerprint density at radius 1 is 1.43 bits per heavy atom. The molecule has 0 aromatic heterocycles. The van der Waals surface area contributed by atoms with E-state index in [-0.39, 0.29) is 5.91 Å². The van der Waals surface area contributed by atoms with E-state index in [9.17, 15) is 15.0 Å².